The van der Waals surface area contributed by atoms with Crippen LogP contribution >= 0.6 is 27.7 Å². The van der Waals surface area contributed by atoms with Gasteiger partial charge in [-0.05, 0) is 74.0 Å². The Morgan fingerprint density at radius 2 is 2.05 bits per heavy atom. The van der Waals surface area contributed by atoms with Crippen LogP contribution in [0.5, 0.6) is 0 Å². The van der Waals surface area contributed by atoms with Crippen molar-refractivity contribution in [1.29, 1.82) is 0 Å². The van der Waals surface area contributed by atoms with Gasteiger partial charge in [-0.1, -0.05) is 0 Å². The molecule has 0 N–H and O–H groups in total. The summed E-state index contributed by atoms with van der Waals surface area (Å²) >= 11 is 4.82. The first-order valence-corrected chi connectivity index (χ1v) is 14.3. The lowest BCUT2D eigenvalue weighted by atomic mass is 10.1. The fourth-order valence-electron chi connectivity index (χ4n) is 5.12. The third-order valence-electron chi connectivity index (χ3n) is 6.75. The third kappa shape index (κ3) is 4.76. The number of aryl methyl sites for hydroxylation is 1. The number of halogens is 2. The van der Waals surface area contributed by atoms with Gasteiger partial charge in [0, 0.05) is 29.6 Å². The second-order valence-corrected chi connectivity index (χ2v) is 12.1. The van der Waals surface area contributed by atoms with Crippen molar-refractivity contribution in [3.8, 4) is 0 Å². The Morgan fingerprint density at radius 1 is 1.30 bits per heavy atom. The molecule has 1 aromatic carbocycles. The summed E-state index contributed by atoms with van der Waals surface area (Å²) in [7, 11) is 0. The van der Waals surface area contributed by atoms with Gasteiger partial charge in [-0.3, -0.25) is 4.90 Å². The Labute approximate surface area is 227 Å². The number of thioether (sulfide) groups is 1. The van der Waals surface area contributed by atoms with E-state index < -0.39 is 11.4 Å². The number of ether oxygens (including phenoxy) is 2. The van der Waals surface area contributed by atoms with Crippen molar-refractivity contribution in [2.45, 2.75) is 57.3 Å². The van der Waals surface area contributed by atoms with E-state index in [-0.39, 0.29) is 18.2 Å². The molecule has 0 aliphatic carbocycles. The van der Waals surface area contributed by atoms with E-state index in [0.29, 0.717) is 59.6 Å². The second-order valence-electron chi connectivity index (χ2n) is 10.5. The van der Waals surface area contributed by atoms with Crippen LogP contribution in [-0.4, -0.2) is 69.6 Å². The van der Waals surface area contributed by atoms with Gasteiger partial charge in [0.2, 0.25) is 0 Å². The summed E-state index contributed by atoms with van der Waals surface area (Å²) in [6, 6.07) is 3.92. The molecule has 2 aliphatic rings. The number of hydrogen-bond acceptors (Lipinski definition) is 6. The first-order chi connectivity index (χ1) is 17.5. The van der Waals surface area contributed by atoms with Crippen LogP contribution in [0.2, 0.25) is 0 Å². The SMILES string of the molecule is CSc1nc2c(F)c(Br)c(C)cc2c2c1cc(CN1CCOC1=O)n2C1CCN(C(=O)OC(C)(C)C)C1. The molecule has 2 saturated heterocycles. The number of hydrogen-bond donors (Lipinski definition) is 0. The molecule has 2 aliphatic heterocycles. The lowest BCUT2D eigenvalue weighted by molar-refractivity contribution is 0.0289. The Balaban J connectivity index is 1.69. The number of carbonyl (C=O) groups is 2. The molecule has 0 bridgehead atoms. The molecule has 0 saturated carbocycles. The molecule has 2 amide bonds. The van der Waals surface area contributed by atoms with Crippen LogP contribution in [0.25, 0.3) is 21.8 Å². The van der Waals surface area contributed by atoms with Crippen molar-refractivity contribution in [2.24, 2.45) is 0 Å². The number of aromatic nitrogens is 2. The first-order valence-electron chi connectivity index (χ1n) is 12.2. The van der Waals surface area contributed by atoms with E-state index in [4.69, 9.17) is 9.47 Å². The van der Waals surface area contributed by atoms with Crippen molar-refractivity contribution in [1.82, 2.24) is 19.4 Å². The molecule has 198 valence electrons. The molecule has 1 atom stereocenters. The number of cyclic esters (lactones) is 1. The smallest absolute Gasteiger partial charge is 0.410 e. The highest BCUT2D eigenvalue weighted by Crippen LogP contribution is 2.40. The molecule has 8 nitrogen and oxygen atoms in total. The Bertz CT molecular complexity index is 1420. The molecule has 0 radical (unpaired) electrons. The minimum Gasteiger partial charge on any atom is -0.448 e. The number of rotatable bonds is 4. The number of fused-ring (bicyclic) bond motifs is 3. The highest BCUT2D eigenvalue weighted by Gasteiger charge is 2.34. The van der Waals surface area contributed by atoms with Gasteiger partial charge in [0.25, 0.3) is 0 Å². The van der Waals surface area contributed by atoms with Crippen LogP contribution in [-0.2, 0) is 16.0 Å². The summed E-state index contributed by atoms with van der Waals surface area (Å²) in [5, 5.41) is 2.32. The van der Waals surface area contributed by atoms with Crippen molar-refractivity contribution in [2.75, 3.05) is 32.5 Å². The lowest BCUT2D eigenvalue weighted by Gasteiger charge is -2.25. The van der Waals surface area contributed by atoms with E-state index >= 15 is 4.39 Å². The van der Waals surface area contributed by atoms with Crippen LogP contribution in [0.4, 0.5) is 14.0 Å². The van der Waals surface area contributed by atoms with Crippen molar-refractivity contribution < 1.29 is 23.5 Å². The predicted octanol–water partition coefficient (Wildman–Crippen LogP) is 6.26. The largest absolute Gasteiger partial charge is 0.448 e. The topological polar surface area (TPSA) is 76.9 Å². The molecule has 3 aromatic rings. The summed E-state index contributed by atoms with van der Waals surface area (Å²) in [4.78, 5) is 33.2. The van der Waals surface area contributed by atoms with E-state index in [1.165, 1.54) is 11.8 Å². The minimum atomic E-state index is -0.589. The molecule has 2 aromatic heterocycles. The average Bonchev–Trinajstić information content (AvgIpc) is 3.55. The molecular weight excluding hydrogens is 563 g/mol. The number of benzene rings is 1. The zero-order valence-corrected chi connectivity index (χ0v) is 24.0. The highest BCUT2D eigenvalue weighted by molar-refractivity contribution is 9.10. The molecule has 5 rings (SSSR count). The van der Waals surface area contributed by atoms with E-state index in [1.807, 2.05) is 46.1 Å². The summed E-state index contributed by atoms with van der Waals surface area (Å²) in [5.41, 5.74) is 2.23. The van der Waals surface area contributed by atoms with Crippen LogP contribution in [0, 0.1) is 12.7 Å². The number of pyridine rings is 1. The highest BCUT2D eigenvalue weighted by atomic mass is 79.9. The third-order valence-corrected chi connectivity index (χ3v) is 8.42. The molecule has 2 fully saturated rings. The van der Waals surface area contributed by atoms with E-state index in [9.17, 15) is 9.59 Å². The molecule has 37 heavy (non-hydrogen) atoms. The van der Waals surface area contributed by atoms with Gasteiger partial charge in [0.15, 0.2) is 5.82 Å². The van der Waals surface area contributed by atoms with Crippen molar-refractivity contribution in [3.63, 3.8) is 0 Å². The van der Waals surface area contributed by atoms with Crippen molar-refractivity contribution >= 4 is 61.7 Å². The van der Waals surface area contributed by atoms with Gasteiger partial charge in [0.05, 0.1) is 29.1 Å². The second kappa shape index (κ2) is 9.65. The van der Waals surface area contributed by atoms with Gasteiger partial charge in [-0.2, -0.15) is 0 Å². The maximum Gasteiger partial charge on any atom is 0.410 e. The van der Waals surface area contributed by atoms with E-state index in [0.717, 1.165) is 22.2 Å². The number of amides is 2. The van der Waals surface area contributed by atoms with Gasteiger partial charge in [-0.15, -0.1) is 11.8 Å². The predicted molar refractivity (Wildman–Crippen MR) is 145 cm³/mol. The molecule has 4 heterocycles. The number of carbonyl (C=O) groups excluding carboxylic acids is 2. The summed E-state index contributed by atoms with van der Waals surface area (Å²) in [6.07, 6.45) is 1.93. The quantitative estimate of drug-likeness (QED) is 0.333. The Kier molecular flexibility index (Phi) is 6.81. The van der Waals surface area contributed by atoms with Crippen molar-refractivity contribution in [3.05, 3.63) is 33.7 Å². The van der Waals surface area contributed by atoms with Crippen LogP contribution in [0.3, 0.4) is 0 Å². The summed E-state index contributed by atoms with van der Waals surface area (Å²) in [5.74, 6) is -0.397. The molecule has 1 unspecified atom stereocenters. The fraction of sp³-hybridized carbons (Fsp3) is 0.500. The standard InChI is InChI=1S/C26H30BrFN4O4S/c1-14-10-17-21(20(28)19(14)27)29-23(37-5)18-11-16(13-31-8-9-35-24(31)33)32(22(17)18)15-6-7-30(12-15)25(34)36-26(2,3)4/h10-11,15H,6-9,12-13H2,1-5H3. The van der Waals surface area contributed by atoms with E-state index in [1.54, 1.807) is 9.80 Å². The maximum atomic E-state index is 15.5. The molecule has 0 spiro atoms. The van der Waals surface area contributed by atoms with Gasteiger partial charge in [0.1, 0.15) is 22.8 Å². The zero-order chi connectivity index (χ0) is 26.6. The normalized spacial score (nSPS) is 18.4. The Hall–Kier alpha value is -2.53. The summed E-state index contributed by atoms with van der Waals surface area (Å²) in [6.45, 7) is 9.61. The molecular formula is C26H30BrFN4O4S. The fourth-order valence-corrected chi connectivity index (χ4v) is 5.98. The van der Waals surface area contributed by atoms with Gasteiger partial charge < -0.3 is 18.9 Å². The van der Waals surface area contributed by atoms with Gasteiger partial charge >= 0.3 is 12.2 Å². The monoisotopic (exact) mass is 592 g/mol. The number of nitrogens with zero attached hydrogens (tertiary/aromatic N) is 4. The number of likely N-dealkylation sites (tertiary alicyclic amines) is 1. The van der Waals surface area contributed by atoms with Crippen LogP contribution < -0.4 is 0 Å². The van der Waals surface area contributed by atoms with Crippen LogP contribution in [0.15, 0.2) is 21.6 Å². The van der Waals surface area contributed by atoms with Gasteiger partial charge in [-0.25, -0.2) is 19.0 Å². The lowest BCUT2D eigenvalue weighted by Crippen LogP contribution is -2.35. The summed E-state index contributed by atoms with van der Waals surface area (Å²) < 4.78 is 28.8. The average molecular weight is 594 g/mol. The first kappa shape index (κ1) is 26.1. The van der Waals surface area contributed by atoms with E-state index in [2.05, 4.69) is 25.5 Å². The zero-order valence-electron chi connectivity index (χ0n) is 21.6. The Morgan fingerprint density at radius 3 is 2.70 bits per heavy atom. The molecule has 11 heteroatoms. The minimum absolute atomic E-state index is 0.0778. The van der Waals surface area contributed by atoms with Crippen LogP contribution in [0.1, 0.15) is 44.5 Å². The maximum absolute atomic E-state index is 15.5.